The number of hydrogen-bond acceptors (Lipinski definition) is 4. The Labute approximate surface area is 133 Å². The van der Waals surface area contributed by atoms with Crippen molar-refractivity contribution in [2.45, 2.75) is 13.0 Å². The van der Waals surface area contributed by atoms with Gasteiger partial charge < -0.3 is 16.0 Å². The molecule has 23 heavy (non-hydrogen) atoms. The molecule has 0 aliphatic carbocycles. The molecular formula is C15H20F2N4O2. The van der Waals surface area contributed by atoms with Crippen molar-refractivity contribution in [3.63, 3.8) is 0 Å². The summed E-state index contributed by atoms with van der Waals surface area (Å²) in [6, 6.07) is 3.32. The van der Waals surface area contributed by atoms with Gasteiger partial charge in [-0.05, 0) is 19.1 Å². The Kier molecular flexibility index (Phi) is 6.00. The van der Waals surface area contributed by atoms with Gasteiger partial charge in [0.1, 0.15) is 0 Å². The van der Waals surface area contributed by atoms with Crippen LogP contribution in [0.1, 0.15) is 6.92 Å². The highest BCUT2D eigenvalue weighted by Crippen LogP contribution is 2.12. The Morgan fingerprint density at radius 3 is 2.78 bits per heavy atom. The van der Waals surface area contributed by atoms with Crippen LogP contribution < -0.4 is 16.0 Å². The third-order valence-corrected chi connectivity index (χ3v) is 3.64. The lowest BCUT2D eigenvalue weighted by atomic mass is 10.2. The van der Waals surface area contributed by atoms with Crippen LogP contribution in [0.5, 0.6) is 0 Å². The lowest BCUT2D eigenvalue weighted by Crippen LogP contribution is -2.53. The first-order valence-corrected chi connectivity index (χ1v) is 7.42. The monoisotopic (exact) mass is 326 g/mol. The van der Waals surface area contributed by atoms with Crippen LogP contribution >= 0.6 is 0 Å². The minimum atomic E-state index is -1.04. The Morgan fingerprint density at radius 2 is 2.09 bits per heavy atom. The van der Waals surface area contributed by atoms with E-state index in [1.54, 1.807) is 0 Å². The highest BCUT2D eigenvalue weighted by atomic mass is 19.2. The van der Waals surface area contributed by atoms with E-state index in [0.29, 0.717) is 0 Å². The topological polar surface area (TPSA) is 73.5 Å². The fourth-order valence-corrected chi connectivity index (χ4v) is 2.32. The highest BCUT2D eigenvalue weighted by molar-refractivity contribution is 5.94. The smallest absolute Gasteiger partial charge is 0.243 e. The van der Waals surface area contributed by atoms with Gasteiger partial charge in [0.15, 0.2) is 11.6 Å². The Morgan fingerprint density at radius 1 is 1.30 bits per heavy atom. The Bertz CT molecular complexity index is 583. The maximum Gasteiger partial charge on any atom is 0.243 e. The quantitative estimate of drug-likeness (QED) is 0.728. The zero-order valence-electron chi connectivity index (χ0n) is 12.9. The third kappa shape index (κ3) is 5.26. The molecule has 0 unspecified atom stereocenters. The van der Waals surface area contributed by atoms with E-state index in [-0.39, 0.29) is 30.7 Å². The van der Waals surface area contributed by atoms with E-state index in [9.17, 15) is 18.4 Å². The molecule has 1 saturated heterocycles. The molecule has 0 aromatic heterocycles. The predicted molar refractivity (Wildman–Crippen MR) is 81.9 cm³/mol. The van der Waals surface area contributed by atoms with Gasteiger partial charge in [-0.1, -0.05) is 0 Å². The summed E-state index contributed by atoms with van der Waals surface area (Å²) in [4.78, 5) is 25.6. The SMILES string of the molecule is C[C@@H]1CNCCN1CC(=O)NCC(=O)Nc1ccc(F)c(F)c1. The molecule has 0 spiro atoms. The van der Waals surface area contributed by atoms with E-state index >= 15 is 0 Å². The van der Waals surface area contributed by atoms with Gasteiger partial charge in [-0.3, -0.25) is 14.5 Å². The number of carbonyl (C=O) groups is 2. The molecule has 1 aromatic rings. The highest BCUT2D eigenvalue weighted by Gasteiger charge is 2.20. The minimum absolute atomic E-state index is 0.138. The van der Waals surface area contributed by atoms with E-state index in [2.05, 4.69) is 16.0 Å². The maximum atomic E-state index is 13.0. The molecule has 6 nitrogen and oxygen atoms in total. The number of anilines is 1. The predicted octanol–water partition coefficient (Wildman–Crippen LogP) is 0.313. The molecule has 0 radical (unpaired) electrons. The number of benzene rings is 1. The fourth-order valence-electron chi connectivity index (χ4n) is 2.32. The normalized spacial score (nSPS) is 18.5. The molecule has 1 atom stereocenters. The van der Waals surface area contributed by atoms with Crippen LogP contribution in [-0.4, -0.2) is 55.5 Å². The van der Waals surface area contributed by atoms with Crippen LogP contribution in [0.4, 0.5) is 14.5 Å². The fraction of sp³-hybridized carbons (Fsp3) is 0.467. The molecule has 1 aliphatic heterocycles. The second-order valence-electron chi connectivity index (χ2n) is 5.48. The molecule has 126 valence electrons. The largest absolute Gasteiger partial charge is 0.346 e. The van der Waals surface area contributed by atoms with Crippen LogP contribution in [0.2, 0.25) is 0 Å². The molecule has 1 aromatic carbocycles. The average molecular weight is 326 g/mol. The van der Waals surface area contributed by atoms with Crippen molar-refractivity contribution in [2.75, 3.05) is 38.0 Å². The standard InChI is InChI=1S/C15H20F2N4O2/c1-10-7-18-4-5-21(10)9-15(23)19-8-14(22)20-11-2-3-12(16)13(17)6-11/h2-3,6,10,18H,4-5,7-9H2,1H3,(H,19,23)(H,20,22)/t10-/m1/s1. The second-order valence-corrected chi connectivity index (χ2v) is 5.48. The van der Waals surface area contributed by atoms with Crippen LogP contribution in [0.25, 0.3) is 0 Å². The number of carbonyl (C=O) groups excluding carboxylic acids is 2. The number of rotatable bonds is 5. The van der Waals surface area contributed by atoms with E-state index in [4.69, 9.17) is 0 Å². The van der Waals surface area contributed by atoms with Crippen molar-refractivity contribution in [3.8, 4) is 0 Å². The summed E-state index contributed by atoms with van der Waals surface area (Å²) in [7, 11) is 0. The lowest BCUT2D eigenvalue weighted by Gasteiger charge is -2.33. The number of halogens is 2. The average Bonchev–Trinajstić information content (AvgIpc) is 2.51. The summed E-state index contributed by atoms with van der Waals surface area (Å²) in [6.45, 7) is 4.45. The molecule has 2 rings (SSSR count). The van der Waals surface area contributed by atoms with Gasteiger partial charge in [0.05, 0.1) is 13.1 Å². The molecule has 3 N–H and O–H groups in total. The number of nitrogens with one attached hydrogen (secondary N) is 3. The zero-order chi connectivity index (χ0) is 16.8. The molecule has 1 heterocycles. The molecular weight excluding hydrogens is 306 g/mol. The van der Waals surface area contributed by atoms with Gasteiger partial charge in [0, 0.05) is 37.4 Å². The zero-order valence-corrected chi connectivity index (χ0v) is 12.9. The van der Waals surface area contributed by atoms with Crippen molar-refractivity contribution in [3.05, 3.63) is 29.8 Å². The molecule has 0 bridgehead atoms. The molecule has 0 saturated carbocycles. The number of nitrogens with zero attached hydrogens (tertiary/aromatic N) is 1. The van der Waals surface area contributed by atoms with E-state index < -0.39 is 17.5 Å². The van der Waals surface area contributed by atoms with E-state index in [1.165, 1.54) is 6.07 Å². The van der Waals surface area contributed by atoms with Crippen LogP contribution in [-0.2, 0) is 9.59 Å². The van der Waals surface area contributed by atoms with Crippen LogP contribution in [0.3, 0.4) is 0 Å². The summed E-state index contributed by atoms with van der Waals surface area (Å²) >= 11 is 0. The first kappa shape index (κ1) is 17.3. The van der Waals surface area contributed by atoms with Crippen LogP contribution in [0.15, 0.2) is 18.2 Å². The van der Waals surface area contributed by atoms with Gasteiger partial charge in [-0.15, -0.1) is 0 Å². The van der Waals surface area contributed by atoms with Crippen molar-refractivity contribution in [2.24, 2.45) is 0 Å². The Hall–Kier alpha value is -2.06. The minimum Gasteiger partial charge on any atom is -0.346 e. The Balaban J connectivity index is 1.75. The van der Waals surface area contributed by atoms with Gasteiger partial charge in [0.25, 0.3) is 0 Å². The first-order chi connectivity index (χ1) is 11.0. The summed E-state index contributed by atoms with van der Waals surface area (Å²) in [5, 5.41) is 8.14. The summed E-state index contributed by atoms with van der Waals surface area (Å²) < 4.78 is 25.8. The number of hydrogen-bond donors (Lipinski definition) is 3. The molecule has 1 fully saturated rings. The lowest BCUT2D eigenvalue weighted by molar-refractivity contribution is -0.125. The van der Waals surface area contributed by atoms with Gasteiger partial charge in [0.2, 0.25) is 11.8 Å². The molecule has 1 aliphatic rings. The van der Waals surface area contributed by atoms with Gasteiger partial charge >= 0.3 is 0 Å². The number of piperazine rings is 1. The number of amides is 2. The maximum absolute atomic E-state index is 13.0. The summed E-state index contributed by atoms with van der Waals surface area (Å²) in [6.07, 6.45) is 0. The van der Waals surface area contributed by atoms with Gasteiger partial charge in [-0.2, -0.15) is 0 Å². The third-order valence-electron chi connectivity index (χ3n) is 3.64. The molecule has 2 amide bonds. The second kappa shape index (κ2) is 7.98. The van der Waals surface area contributed by atoms with Crippen molar-refractivity contribution in [1.82, 2.24) is 15.5 Å². The van der Waals surface area contributed by atoms with E-state index in [0.717, 1.165) is 31.8 Å². The summed E-state index contributed by atoms with van der Waals surface area (Å²) in [5.74, 6) is -2.78. The van der Waals surface area contributed by atoms with Crippen molar-refractivity contribution >= 4 is 17.5 Å². The van der Waals surface area contributed by atoms with Crippen molar-refractivity contribution in [1.29, 1.82) is 0 Å². The van der Waals surface area contributed by atoms with E-state index in [1.807, 2.05) is 11.8 Å². The van der Waals surface area contributed by atoms with Crippen molar-refractivity contribution < 1.29 is 18.4 Å². The van der Waals surface area contributed by atoms with Crippen LogP contribution in [0, 0.1) is 11.6 Å². The first-order valence-electron chi connectivity index (χ1n) is 7.42. The van der Waals surface area contributed by atoms with Gasteiger partial charge in [-0.25, -0.2) is 8.78 Å². The summed E-state index contributed by atoms with van der Waals surface area (Å²) in [5.41, 5.74) is 0.138. The molecule has 8 heteroatoms.